The summed E-state index contributed by atoms with van der Waals surface area (Å²) in [6, 6.07) is 3.32. The van der Waals surface area contributed by atoms with Gasteiger partial charge in [-0.3, -0.25) is 0 Å². The SMILES string of the molecule is Cc1cc(-c2c(C(C)C)c(C3=CCC4(CC3)OCCO4)nn2COCC[Si](C)(C)C)cn2ncnc12. The van der Waals surface area contributed by atoms with Crippen LogP contribution in [0.1, 0.15) is 55.8 Å². The lowest BCUT2D eigenvalue weighted by Crippen LogP contribution is -2.31. The summed E-state index contributed by atoms with van der Waals surface area (Å²) in [6.45, 7) is 16.2. The molecule has 2 aliphatic rings. The van der Waals surface area contributed by atoms with Gasteiger partial charge in [0, 0.05) is 44.8 Å². The maximum absolute atomic E-state index is 6.21. The molecule has 0 N–H and O–H groups in total. The van der Waals surface area contributed by atoms with E-state index in [1.54, 1.807) is 6.33 Å². The van der Waals surface area contributed by atoms with E-state index in [1.807, 2.05) is 4.52 Å². The highest BCUT2D eigenvalue weighted by atomic mass is 28.3. The second kappa shape index (κ2) is 9.85. The Morgan fingerprint density at radius 1 is 1.19 bits per heavy atom. The van der Waals surface area contributed by atoms with Crippen molar-refractivity contribution in [2.75, 3.05) is 19.8 Å². The molecule has 0 amide bonds. The van der Waals surface area contributed by atoms with Crippen molar-refractivity contribution in [3.63, 3.8) is 0 Å². The molecule has 1 aliphatic carbocycles. The summed E-state index contributed by atoms with van der Waals surface area (Å²) in [6.07, 6.45) is 8.44. The van der Waals surface area contributed by atoms with E-state index in [1.165, 1.54) is 11.1 Å². The normalized spacial score (nSPS) is 18.0. The van der Waals surface area contributed by atoms with Crippen LogP contribution in [0.2, 0.25) is 25.7 Å². The maximum Gasteiger partial charge on any atom is 0.172 e. The first kappa shape index (κ1) is 25.3. The van der Waals surface area contributed by atoms with Gasteiger partial charge in [-0.2, -0.15) is 10.2 Å². The number of allylic oxidation sites excluding steroid dienone is 1. The van der Waals surface area contributed by atoms with Crippen molar-refractivity contribution < 1.29 is 14.2 Å². The molecule has 0 atom stereocenters. The number of aromatic nitrogens is 5. The molecule has 0 radical (unpaired) electrons. The van der Waals surface area contributed by atoms with E-state index in [2.05, 4.69) is 73.5 Å². The third-order valence-corrected chi connectivity index (χ3v) is 8.87. The van der Waals surface area contributed by atoms with Gasteiger partial charge in [0.2, 0.25) is 0 Å². The van der Waals surface area contributed by atoms with Gasteiger partial charge >= 0.3 is 0 Å². The lowest BCUT2D eigenvalue weighted by atomic mass is 9.87. The Balaban J connectivity index is 1.56. The Morgan fingerprint density at radius 2 is 1.97 bits per heavy atom. The molecule has 4 heterocycles. The monoisotopic (exact) mass is 509 g/mol. The van der Waals surface area contributed by atoms with Crippen molar-refractivity contribution in [2.45, 2.75) is 84.2 Å². The van der Waals surface area contributed by atoms with Crippen LogP contribution >= 0.6 is 0 Å². The molecule has 0 bridgehead atoms. The number of pyridine rings is 1. The zero-order valence-electron chi connectivity index (χ0n) is 22.5. The summed E-state index contributed by atoms with van der Waals surface area (Å²) < 4.78 is 22.0. The number of fused-ring (bicyclic) bond motifs is 1. The van der Waals surface area contributed by atoms with Gasteiger partial charge in [0.15, 0.2) is 11.4 Å². The lowest BCUT2D eigenvalue weighted by molar-refractivity contribution is -0.159. The molecular formula is C27H39N5O3Si. The molecule has 1 saturated heterocycles. The molecule has 194 valence electrons. The zero-order valence-corrected chi connectivity index (χ0v) is 23.5. The van der Waals surface area contributed by atoms with E-state index in [4.69, 9.17) is 19.3 Å². The third kappa shape index (κ3) is 5.07. The summed E-state index contributed by atoms with van der Waals surface area (Å²) in [5, 5.41) is 9.61. The Morgan fingerprint density at radius 3 is 2.64 bits per heavy atom. The number of ether oxygens (including phenoxy) is 3. The molecule has 36 heavy (non-hydrogen) atoms. The lowest BCUT2D eigenvalue weighted by Gasteiger charge is -2.30. The zero-order chi connectivity index (χ0) is 25.5. The Bertz CT molecular complexity index is 1260. The fourth-order valence-corrected chi connectivity index (χ4v) is 5.95. The van der Waals surface area contributed by atoms with Crippen LogP contribution in [-0.2, 0) is 20.9 Å². The van der Waals surface area contributed by atoms with Crippen LogP contribution in [0.3, 0.4) is 0 Å². The van der Waals surface area contributed by atoms with Crippen LogP contribution in [0, 0.1) is 6.92 Å². The number of nitrogens with zero attached hydrogens (tertiary/aromatic N) is 5. The quantitative estimate of drug-likeness (QED) is 0.289. The highest BCUT2D eigenvalue weighted by Gasteiger charge is 2.39. The second-order valence-electron chi connectivity index (χ2n) is 11.6. The minimum absolute atomic E-state index is 0.285. The summed E-state index contributed by atoms with van der Waals surface area (Å²) in [5.74, 6) is -0.157. The first-order valence-electron chi connectivity index (χ1n) is 13.1. The fourth-order valence-electron chi connectivity index (χ4n) is 5.19. The molecule has 1 fully saturated rings. The summed E-state index contributed by atoms with van der Waals surface area (Å²) in [4.78, 5) is 4.41. The van der Waals surface area contributed by atoms with Crippen molar-refractivity contribution >= 4 is 19.3 Å². The van der Waals surface area contributed by atoms with Crippen LogP contribution in [0.4, 0.5) is 0 Å². The van der Waals surface area contributed by atoms with Gasteiger partial charge in [0.25, 0.3) is 0 Å². The van der Waals surface area contributed by atoms with Crippen molar-refractivity contribution in [1.29, 1.82) is 0 Å². The van der Waals surface area contributed by atoms with Gasteiger partial charge in [-0.15, -0.1) is 0 Å². The van der Waals surface area contributed by atoms with E-state index >= 15 is 0 Å². The maximum atomic E-state index is 6.21. The minimum atomic E-state index is -1.18. The van der Waals surface area contributed by atoms with Crippen molar-refractivity contribution in [3.05, 3.63) is 41.5 Å². The van der Waals surface area contributed by atoms with Gasteiger partial charge in [0.05, 0.1) is 24.6 Å². The highest BCUT2D eigenvalue weighted by molar-refractivity contribution is 6.76. The molecular weight excluding hydrogens is 470 g/mol. The standard InChI is InChI=1S/C27H39N5O3Si/c1-19(2)23-24(21-7-9-27(10-8-21)34-11-12-35-27)30-32(18-33-13-14-36(4,5)6)25(23)22-15-20(3)26-28-17-29-31(26)16-22/h7,15-17,19H,8-14,18H2,1-6H3. The highest BCUT2D eigenvalue weighted by Crippen LogP contribution is 2.42. The molecule has 1 aliphatic heterocycles. The van der Waals surface area contributed by atoms with Gasteiger partial charge in [-0.1, -0.05) is 39.6 Å². The molecule has 3 aromatic rings. The van der Waals surface area contributed by atoms with Gasteiger partial charge in [0.1, 0.15) is 13.1 Å². The molecule has 0 unspecified atom stereocenters. The average molecular weight is 510 g/mol. The van der Waals surface area contributed by atoms with Gasteiger partial charge < -0.3 is 14.2 Å². The second-order valence-corrected chi connectivity index (χ2v) is 17.2. The van der Waals surface area contributed by atoms with Gasteiger partial charge in [-0.05, 0) is 42.5 Å². The molecule has 1 spiro atoms. The molecule has 3 aromatic heterocycles. The van der Waals surface area contributed by atoms with Gasteiger partial charge in [-0.25, -0.2) is 14.2 Å². The average Bonchev–Trinajstić information content (AvgIpc) is 3.55. The van der Waals surface area contributed by atoms with Crippen LogP contribution in [0.15, 0.2) is 24.7 Å². The third-order valence-electron chi connectivity index (χ3n) is 7.16. The van der Waals surface area contributed by atoms with E-state index < -0.39 is 13.9 Å². The smallest absolute Gasteiger partial charge is 0.172 e. The first-order valence-corrected chi connectivity index (χ1v) is 16.8. The van der Waals surface area contributed by atoms with Crippen LogP contribution < -0.4 is 0 Å². The molecule has 0 saturated carbocycles. The number of hydrogen-bond acceptors (Lipinski definition) is 6. The minimum Gasteiger partial charge on any atom is -0.360 e. The predicted molar refractivity (Wildman–Crippen MR) is 144 cm³/mol. The van der Waals surface area contributed by atoms with E-state index in [0.717, 1.165) is 60.1 Å². The van der Waals surface area contributed by atoms with E-state index in [9.17, 15) is 0 Å². The predicted octanol–water partition coefficient (Wildman–Crippen LogP) is 5.65. The van der Waals surface area contributed by atoms with Crippen molar-refractivity contribution in [3.8, 4) is 11.3 Å². The Kier molecular flexibility index (Phi) is 6.93. The van der Waals surface area contributed by atoms with Crippen LogP contribution in [-0.4, -0.2) is 58.1 Å². The topological polar surface area (TPSA) is 75.7 Å². The number of hydrogen-bond donors (Lipinski definition) is 0. The molecule has 9 heteroatoms. The molecule has 5 rings (SSSR count). The van der Waals surface area contributed by atoms with E-state index in [0.29, 0.717) is 19.9 Å². The van der Waals surface area contributed by atoms with E-state index in [-0.39, 0.29) is 5.92 Å². The number of rotatable bonds is 8. The van der Waals surface area contributed by atoms with Crippen molar-refractivity contribution in [2.24, 2.45) is 0 Å². The first-order chi connectivity index (χ1) is 17.2. The fraction of sp³-hybridized carbons (Fsp3) is 0.593. The Labute approximate surface area is 214 Å². The molecule has 8 nitrogen and oxygen atoms in total. The summed E-state index contributed by atoms with van der Waals surface area (Å²) >= 11 is 0. The summed E-state index contributed by atoms with van der Waals surface area (Å²) in [7, 11) is -1.18. The number of aryl methyl sites for hydroxylation is 1. The largest absolute Gasteiger partial charge is 0.360 e. The summed E-state index contributed by atoms with van der Waals surface area (Å²) in [5.41, 5.74) is 7.72. The Hall–Kier alpha value is -2.33. The van der Waals surface area contributed by atoms with Crippen LogP contribution in [0.25, 0.3) is 22.5 Å². The molecule has 0 aromatic carbocycles. The van der Waals surface area contributed by atoms with Crippen molar-refractivity contribution in [1.82, 2.24) is 24.4 Å². The van der Waals surface area contributed by atoms with Crippen LogP contribution in [0.5, 0.6) is 0 Å².